The zero-order chi connectivity index (χ0) is 15.2. The summed E-state index contributed by atoms with van der Waals surface area (Å²) in [7, 11) is 0. The van der Waals surface area contributed by atoms with Crippen molar-refractivity contribution >= 4 is 17.3 Å². The van der Waals surface area contributed by atoms with Gasteiger partial charge in [0.25, 0.3) is 0 Å². The van der Waals surface area contributed by atoms with Crippen LogP contribution in [0.1, 0.15) is 37.0 Å². The number of hydrogen-bond donors (Lipinski definition) is 1. The quantitative estimate of drug-likeness (QED) is 0.667. The van der Waals surface area contributed by atoms with Gasteiger partial charge >= 0.3 is 5.97 Å². The Kier molecular flexibility index (Phi) is 5.44. The van der Waals surface area contributed by atoms with Gasteiger partial charge in [-0.25, -0.2) is 4.79 Å². The van der Waals surface area contributed by atoms with E-state index in [1.165, 1.54) is 0 Å². The van der Waals surface area contributed by atoms with Gasteiger partial charge < -0.3 is 20.1 Å². The molecule has 0 radical (unpaired) electrons. The Morgan fingerprint density at radius 3 is 2.57 bits per heavy atom. The van der Waals surface area contributed by atoms with E-state index < -0.39 is 0 Å². The van der Waals surface area contributed by atoms with Crippen LogP contribution in [0.3, 0.4) is 0 Å². The van der Waals surface area contributed by atoms with Crippen LogP contribution in [0.4, 0.5) is 11.4 Å². The molecule has 0 atom stereocenters. The third kappa shape index (κ3) is 3.88. The molecule has 5 nitrogen and oxygen atoms in total. The summed E-state index contributed by atoms with van der Waals surface area (Å²) in [4.78, 5) is 13.9. The van der Waals surface area contributed by atoms with Gasteiger partial charge in [0, 0.05) is 19.7 Å². The van der Waals surface area contributed by atoms with E-state index in [1.807, 2.05) is 13.0 Å². The fraction of sp³-hybridized carbons (Fsp3) is 0.562. The van der Waals surface area contributed by atoms with Gasteiger partial charge in [-0.2, -0.15) is 0 Å². The van der Waals surface area contributed by atoms with Crippen molar-refractivity contribution in [2.45, 2.75) is 32.8 Å². The van der Waals surface area contributed by atoms with E-state index in [9.17, 15) is 4.79 Å². The van der Waals surface area contributed by atoms with Crippen LogP contribution in [0.2, 0.25) is 0 Å². The van der Waals surface area contributed by atoms with E-state index in [2.05, 4.69) is 4.90 Å². The first-order chi connectivity index (χ1) is 10.2. The molecule has 0 aliphatic carbocycles. The predicted molar refractivity (Wildman–Crippen MR) is 83.7 cm³/mol. The first-order valence-corrected chi connectivity index (χ1v) is 7.58. The Morgan fingerprint density at radius 1 is 1.29 bits per heavy atom. The fourth-order valence-electron chi connectivity index (χ4n) is 2.68. The molecule has 0 bridgehead atoms. The number of ether oxygens (including phenoxy) is 2. The van der Waals surface area contributed by atoms with Crippen LogP contribution in [0.15, 0.2) is 18.2 Å². The maximum absolute atomic E-state index is 11.7. The van der Waals surface area contributed by atoms with E-state index in [4.69, 9.17) is 15.2 Å². The Balaban J connectivity index is 2.03. The lowest BCUT2D eigenvalue weighted by Gasteiger charge is -2.34. The lowest BCUT2D eigenvalue weighted by Crippen LogP contribution is -2.37. The fourth-order valence-corrected chi connectivity index (χ4v) is 2.68. The van der Waals surface area contributed by atoms with Crippen LogP contribution < -0.4 is 10.6 Å². The van der Waals surface area contributed by atoms with Crippen molar-refractivity contribution in [1.82, 2.24) is 0 Å². The van der Waals surface area contributed by atoms with Gasteiger partial charge in [0.1, 0.15) is 0 Å². The number of esters is 1. The van der Waals surface area contributed by atoms with Gasteiger partial charge in [0.05, 0.1) is 29.6 Å². The molecule has 2 rings (SSSR count). The van der Waals surface area contributed by atoms with E-state index in [0.717, 1.165) is 38.2 Å². The van der Waals surface area contributed by atoms with E-state index >= 15 is 0 Å². The summed E-state index contributed by atoms with van der Waals surface area (Å²) in [5.41, 5.74) is 8.21. The average molecular weight is 292 g/mol. The molecule has 0 saturated carbocycles. The van der Waals surface area contributed by atoms with Crippen molar-refractivity contribution in [3.63, 3.8) is 0 Å². The number of benzene rings is 1. The minimum Gasteiger partial charge on any atom is -0.462 e. The van der Waals surface area contributed by atoms with Gasteiger partial charge in [0.2, 0.25) is 0 Å². The topological polar surface area (TPSA) is 64.8 Å². The molecular weight excluding hydrogens is 268 g/mol. The van der Waals surface area contributed by atoms with E-state index in [0.29, 0.717) is 24.0 Å². The van der Waals surface area contributed by atoms with Gasteiger partial charge in [-0.15, -0.1) is 0 Å². The summed E-state index contributed by atoms with van der Waals surface area (Å²) < 4.78 is 10.6. The molecule has 21 heavy (non-hydrogen) atoms. The highest BCUT2D eigenvalue weighted by molar-refractivity contribution is 5.92. The van der Waals surface area contributed by atoms with Gasteiger partial charge in [-0.1, -0.05) is 0 Å². The summed E-state index contributed by atoms with van der Waals surface area (Å²) in [6, 6.07) is 5.38. The lowest BCUT2D eigenvalue weighted by molar-refractivity contribution is 0.0459. The second-order valence-electron chi connectivity index (χ2n) is 5.14. The van der Waals surface area contributed by atoms with Crippen LogP contribution in [0.5, 0.6) is 0 Å². The van der Waals surface area contributed by atoms with Gasteiger partial charge in [-0.3, -0.25) is 0 Å². The van der Waals surface area contributed by atoms with Crippen molar-refractivity contribution < 1.29 is 14.3 Å². The zero-order valence-electron chi connectivity index (χ0n) is 12.8. The summed E-state index contributed by atoms with van der Waals surface area (Å²) in [5.74, 6) is -0.328. The number of rotatable bonds is 5. The Morgan fingerprint density at radius 2 is 2.00 bits per heavy atom. The minimum absolute atomic E-state index is 0.328. The SMILES string of the molecule is CCOC(=O)c1ccc(N2CCC(OCC)CC2)c(N)c1. The van der Waals surface area contributed by atoms with Gasteiger partial charge in [0.15, 0.2) is 0 Å². The van der Waals surface area contributed by atoms with Crippen LogP contribution in [0, 0.1) is 0 Å². The molecule has 0 unspecified atom stereocenters. The monoisotopic (exact) mass is 292 g/mol. The van der Waals surface area contributed by atoms with E-state index in [-0.39, 0.29) is 5.97 Å². The molecule has 0 spiro atoms. The zero-order valence-corrected chi connectivity index (χ0v) is 12.8. The number of nitrogen functional groups attached to an aromatic ring is 1. The maximum atomic E-state index is 11.7. The number of nitrogens with zero attached hydrogens (tertiary/aromatic N) is 1. The smallest absolute Gasteiger partial charge is 0.338 e. The molecule has 116 valence electrons. The summed E-state index contributed by atoms with van der Waals surface area (Å²) in [6.07, 6.45) is 2.37. The first kappa shape index (κ1) is 15.6. The number of carbonyl (C=O) groups is 1. The standard InChI is InChI=1S/C16H24N2O3/c1-3-20-13-7-9-18(10-8-13)15-6-5-12(11-14(15)17)16(19)21-4-2/h5-6,11,13H,3-4,7-10,17H2,1-2H3. The third-order valence-corrected chi connectivity index (χ3v) is 3.72. The maximum Gasteiger partial charge on any atom is 0.338 e. The van der Waals surface area contributed by atoms with Crippen molar-refractivity contribution in [2.24, 2.45) is 0 Å². The highest BCUT2D eigenvalue weighted by atomic mass is 16.5. The molecule has 0 aromatic heterocycles. The third-order valence-electron chi connectivity index (χ3n) is 3.72. The van der Waals surface area contributed by atoms with Crippen LogP contribution in [-0.4, -0.2) is 38.4 Å². The predicted octanol–water partition coefficient (Wildman–Crippen LogP) is 2.45. The first-order valence-electron chi connectivity index (χ1n) is 7.58. The Hall–Kier alpha value is -1.75. The molecule has 5 heteroatoms. The Bertz CT molecular complexity index is 482. The number of piperidine rings is 1. The van der Waals surface area contributed by atoms with Crippen molar-refractivity contribution in [1.29, 1.82) is 0 Å². The summed E-state index contributed by atoms with van der Waals surface area (Å²) in [5, 5.41) is 0. The van der Waals surface area contributed by atoms with Crippen LogP contribution >= 0.6 is 0 Å². The molecule has 1 aromatic carbocycles. The average Bonchev–Trinajstić information content (AvgIpc) is 2.49. The second-order valence-corrected chi connectivity index (χ2v) is 5.14. The van der Waals surface area contributed by atoms with Crippen molar-refractivity contribution in [3.05, 3.63) is 23.8 Å². The minimum atomic E-state index is -0.328. The summed E-state index contributed by atoms with van der Waals surface area (Å²) >= 11 is 0. The Labute approximate surface area is 126 Å². The number of anilines is 2. The number of hydrogen-bond acceptors (Lipinski definition) is 5. The molecule has 1 heterocycles. The molecule has 1 aliphatic heterocycles. The lowest BCUT2D eigenvalue weighted by atomic mass is 10.1. The molecule has 1 saturated heterocycles. The highest BCUT2D eigenvalue weighted by Crippen LogP contribution is 2.28. The molecule has 0 amide bonds. The molecule has 2 N–H and O–H groups in total. The van der Waals surface area contributed by atoms with Crippen LogP contribution in [-0.2, 0) is 9.47 Å². The van der Waals surface area contributed by atoms with Crippen LogP contribution in [0.25, 0.3) is 0 Å². The number of nitrogens with two attached hydrogens (primary N) is 1. The molecule has 1 fully saturated rings. The summed E-state index contributed by atoms with van der Waals surface area (Å²) in [6.45, 7) is 6.80. The van der Waals surface area contributed by atoms with Crippen molar-refractivity contribution in [3.8, 4) is 0 Å². The molecule has 1 aromatic rings. The highest BCUT2D eigenvalue weighted by Gasteiger charge is 2.21. The van der Waals surface area contributed by atoms with Gasteiger partial charge in [-0.05, 0) is 44.9 Å². The van der Waals surface area contributed by atoms with Crippen molar-refractivity contribution in [2.75, 3.05) is 36.9 Å². The molecular formula is C16H24N2O3. The molecule has 1 aliphatic rings. The second kappa shape index (κ2) is 7.31. The largest absolute Gasteiger partial charge is 0.462 e. The normalized spacial score (nSPS) is 16.0. The van der Waals surface area contributed by atoms with E-state index in [1.54, 1.807) is 19.1 Å². The number of carbonyl (C=O) groups excluding carboxylic acids is 1.